The molecule has 1 unspecified atom stereocenters. The van der Waals surface area contributed by atoms with Crippen LogP contribution in [0.5, 0.6) is 11.5 Å². The van der Waals surface area contributed by atoms with Crippen LogP contribution in [0.2, 0.25) is 0 Å². The van der Waals surface area contributed by atoms with Crippen LogP contribution in [0.3, 0.4) is 0 Å². The summed E-state index contributed by atoms with van der Waals surface area (Å²) in [5, 5.41) is 0. The van der Waals surface area contributed by atoms with E-state index in [4.69, 9.17) is 24.7 Å². The quantitative estimate of drug-likeness (QED) is 0.295. The fraction of sp³-hybridized carbons (Fsp3) is 0.375. The van der Waals surface area contributed by atoms with Gasteiger partial charge in [0.2, 0.25) is 5.78 Å². The van der Waals surface area contributed by atoms with Crippen LogP contribution in [0, 0.1) is 13.8 Å². The van der Waals surface area contributed by atoms with Gasteiger partial charge in [-0.2, -0.15) is 0 Å². The molecule has 2 rings (SSSR count). The number of ketones is 1. The number of esters is 1. The summed E-state index contributed by atoms with van der Waals surface area (Å²) in [6.45, 7) is 5.66. The average molecular weight is 459 g/mol. The molecular weight excluding hydrogens is 428 g/mol. The van der Waals surface area contributed by atoms with Crippen molar-refractivity contribution in [3.05, 3.63) is 52.9 Å². The Hall–Kier alpha value is -3.59. The smallest absolute Gasteiger partial charge is 0.331 e. The fourth-order valence-corrected chi connectivity index (χ4v) is 3.54. The Morgan fingerprint density at radius 1 is 1.09 bits per heavy atom. The SMILES string of the molecule is COCC(C)n1c(C)cc(C(=O)COC(=O)/C=C/c2ccc(OCC(N)=O)c(OC)c2)c1C. The van der Waals surface area contributed by atoms with Crippen LogP contribution in [0.1, 0.15) is 40.3 Å². The van der Waals surface area contributed by atoms with E-state index in [-0.39, 0.29) is 25.0 Å². The number of benzene rings is 1. The second kappa shape index (κ2) is 11.9. The largest absolute Gasteiger partial charge is 0.493 e. The molecule has 178 valence electrons. The normalized spacial score (nSPS) is 11.9. The molecule has 0 aliphatic heterocycles. The van der Waals surface area contributed by atoms with E-state index in [1.54, 1.807) is 31.4 Å². The van der Waals surface area contributed by atoms with Crippen molar-refractivity contribution in [1.82, 2.24) is 4.57 Å². The number of nitrogens with two attached hydrogens (primary N) is 1. The zero-order valence-corrected chi connectivity index (χ0v) is 19.5. The number of methoxy groups -OCH3 is 2. The molecule has 9 nitrogen and oxygen atoms in total. The maximum absolute atomic E-state index is 12.6. The highest BCUT2D eigenvalue weighted by atomic mass is 16.5. The molecule has 0 bridgehead atoms. The number of ether oxygens (including phenoxy) is 4. The Balaban J connectivity index is 1.99. The van der Waals surface area contributed by atoms with Gasteiger partial charge in [-0.15, -0.1) is 0 Å². The number of hydrogen-bond acceptors (Lipinski definition) is 7. The van der Waals surface area contributed by atoms with E-state index < -0.39 is 11.9 Å². The number of hydrogen-bond donors (Lipinski definition) is 1. The third-order valence-corrected chi connectivity index (χ3v) is 4.95. The molecule has 0 saturated carbocycles. The maximum Gasteiger partial charge on any atom is 0.331 e. The van der Waals surface area contributed by atoms with E-state index in [9.17, 15) is 14.4 Å². The first kappa shape index (κ1) is 25.7. The van der Waals surface area contributed by atoms with Gasteiger partial charge in [0, 0.05) is 30.1 Å². The van der Waals surface area contributed by atoms with E-state index in [1.165, 1.54) is 19.3 Å². The number of rotatable bonds is 12. The van der Waals surface area contributed by atoms with E-state index in [0.29, 0.717) is 29.2 Å². The fourth-order valence-electron chi connectivity index (χ4n) is 3.54. The van der Waals surface area contributed by atoms with Crippen LogP contribution in [-0.2, 0) is 19.1 Å². The summed E-state index contributed by atoms with van der Waals surface area (Å²) in [6.07, 6.45) is 2.74. The molecule has 2 aromatic rings. The summed E-state index contributed by atoms with van der Waals surface area (Å²) in [5.74, 6) is -0.819. The van der Waals surface area contributed by atoms with Gasteiger partial charge in [-0.25, -0.2) is 4.79 Å². The molecule has 0 aliphatic rings. The second-order valence-corrected chi connectivity index (χ2v) is 7.49. The van der Waals surface area contributed by atoms with Crippen LogP contribution in [0.25, 0.3) is 6.08 Å². The van der Waals surface area contributed by atoms with Gasteiger partial charge in [-0.1, -0.05) is 6.07 Å². The Labute approximate surface area is 193 Å². The Morgan fingerprint density at radius 3 is 2.45 bits per heavy atom. The van der Waals surface area contributed by atoms with E-state index in [1.807, 2.05) is 25.3 Å². The number of amides is 1. The van der Waals surface area contributed by atoms with Crippen molar-refractivity contribution >= 4 is 23.7 Å². The zero-order chi connectivity index (χ0) is 24.5. The molecule has 0 saturated heterocycles. The van der Waals surface area contributed by atoms with Gasteiger partial charge in [0.1, 0.15) is 0 Å². The minimum Gasteiger partial charge on any atom is -0.493 e. The van der Waals surface area contributed by atoms with Gasteiger partial charge in [-0.3, -0.25) is 9.59 Å². The molecule has 0 aliphatic carbocycles. The lowest BCUT2D eigenvalue weighted by Crippen LogP contribution is -2.20. The zero-order valence-electron chi connectivity index (χ0n) is 19.5. The van der Waals surface area contributed by atoms with Crippen molar-refractivity contribution in [2.45, 2.75) is 26.8 Å². The molecule has 1 aromatic carbocycles. The summed E-state index contributed by atoms with van der Waals surface area (Å²) >= 11 is 0. The molecule has 0 spiro atoms. The molecule has 1 aromatic heterocycles. The predicted molar refractivity (Wildman–Crippen MR) is 122 cm³/mol. The van der Waals surface area contributed by atoms with E-state index >= 15 is 0 Å². The highest BCUT2D eigenvalue weighted by Gasteiger charge is 2.19. The lowest BCUT2D eigenvalue weighted by molar-refractivity contribution is -0.136. The number of primary amides is 1. The summed E-state index contributed by atoms with van der Waals surface area (Å²) < 4.78 is 22.8. The molecule has 0 fully saturated rings. The molecule has 1 heterocycles. The van der Waals surface area contributed by atoms with Crippen molar-refractivity contribution in [3.8, 4) is 11.5 Å². The molecular formula is C24H30N2O7. The maximum atomic E-state index is 12.6. The summed E-state index contributed by atoms with van der Waals surface area (Å²) in [6, 6.07) is 6.76. The van der Waals surface area contributed by atoms with Gasteiger partial charge >= 0.3 is 5.97 Å². The van der Waals surface area contributed by atoms with Gasteiger partial charge < -0.3 is 29.2 Å². The number of carbonyl (C=O) groups is 3. The summed E-state index contributed by atoms with van der Waals surface area (Å²) in [4.78, 5) is 35.6. The monoisotopic (exact) mass is 458 g/mol. The van der Waals surface area contributed by atoms with Crippen molar-refractivity contribution in [2.75, 3.05) is 34.0 Å². The number of carbonyl (C=O) groups excluding carboxylic acids is 3. The van der Waals surface area contributed by atoms with Crippen LogP contribution in [-0.4, -0.2) is 56.3 Å². The van der Waals surface area contributed by atoms with Crippen LogP contribution >= 0.6 is 0 Å². The number of aromatic nitrogens is 1. The lowest BCUT2D eigenvalue weighted by Gasteiger charge is -2.17. The highest BCUT2D eigenvalue weighted by Crippen LogP contribution is 2.28. The Morgan fingerprint density at radius 2 is 1.82 bits per heavy atom. The highest BCUT2D eigenvalue weighted by molar-refractivity contribution is 6.00. The minimum atomic E-state index is -0.655. The topological polar surface area (TPSA) is 119 Å². The Kier molecular flexibility index (Phi) is 9.23. The summed E-state index contributed by atoms with van der Waals surface area (Å²) in [7, 11) is 3.08. The number of aryl methyl sites for hydroxylation is 1. The van der Waals surface area contributed by atoms with Crippen LogP contribution in [0.15, 0.2) is 30.3 Å². The van der Waals surface area contributed by atoms with Gasteiger partial charge in [-0.05, 0) is 50.6 Å². The molecule has 33 heavy (non-hydrogen) atoms. The number of Topliss-reactive ketones (excluding diaryl/α,β-unsaturated/α-hetero) is 1. The third kappa shape index (κ3) is 6.95. The predicted octanol–water partition coefficient (Wildman–Crippen LogP) is 2.62. The third-order valence-electron chi connectivity index (χ3n) is 4.95. The Bertz CT molecular complexity index is 1040. The molecule has 1 amide bonds. The molecule has 2 N–H and O–H groups in total. The standard InChI is InChI=1S/C24H30N2O7/c1-15-10-19(17(3)26(15)16(2)12-30-4)20(27)13-33-24(29)9-7-18-6-8-21(22(11-18)31-5)32-14-23(25)28/h6-11,16H,12-14H2,1-5H3,(H2,25,28)/b9-7+. The van der Waals surface area contributed by atoms with Crippen molar-refractivity contribution in [2.24, 2.45) is 5.73 Å². The number of nitrogens with zero attached hydrogens (tertiary/aromatic N) is 1. The lowest BCUT2D eigenvalue weighted by atomic mass is 10.1. The average Bonchev–Trinajstić information content (AvgIpc) is 3.08. The van der Waals surface area contributed by atoms with E-state index in [0.717, 1.165) is 11.4 Å². The summed E-state index contributed by atoms with van der Waals surface area (Å²) in [5.41, 5.74) is 7.97. The van der Waals surface area contributed by atoms with Crippen molar-refractivity contribution in [3.63, 3.8) is 0 Å². The first-order valence-corrected chi connectivity index (χ1v) is 10.3. The van der Waals surface area contributed by atoms with Gasteiger partial charge in [0.15, 0.2) is 24.7 Å². The van der Waals surface area contributed by atoms with E-state index in [2.05, 4.69) is 0 Å². The first-order chi connectivity index (χ1) is 15.7. The first-order valence-electron chi connectivity index (χ1n) is 10.3. The molecule has 1 atom stereocenters. The van der Waals surface area contributed by atoms with Crippen LogP contribution < -0.4 is 15.2 Å². The minimum absolute atomic E-state index is 0.0756. The van der Waals surface area contributed by atoms with Crippen molar-refractivity contribution in [1.29, 1.82) is 0 Å². The van der Waals surface area contributed by atoms with Crippen molar-refractivity contribution < 1.29 is 33.3 Å². The molecule has 0 radical (unpaired) electrons. The van der Waals surface area contributed by atoms with Gasteiger partial charge in [0.25, 0.3) is 5.91 Å². The van der Waals surface area contributed by atoms with Crippen LogP contribution in [0.4, 0.5) is 0 Å². The van der Waals surface area contributed by atoms with Gasteiger partial charge in [0.05, 0.1) is 19.8 Å². The second-order valence-electron chi connectivity index (χ2n) is 7.49. The molecule has 9 heteroatoms.